The normalized spacial score (nSPS) is 13.8. The summed E-state index contributed by atoms with van der Waals surface area (Å²) in [5.74, 6) is -0.169. The number of nitrogens with zero attached hydrogens (tertiary/aromatic N) is 1. The number of carbonyl (C=O) groups excluding carboxylic acids is 1. The number of benzene rings is 1. The number of nitrogens with two attached hydrogens (primary N) is 1. The minimum Gasteiger partial charge on any atom is -0.354 e. The number of hydrogen-bond acceptors (Lipinski definition) is 4. The summed E-state index contributed by atoms with van der Waals surface area (Å²) < 4.78 is 0. The molecule has 0 saturated heterocycles. The van der Waals surface area contributed by atoms with Crippen LogP contribution in [0.25, 0.3) is 0 Å². The van der Waals surface area contributed by atoms with Crippen LogP contribution in [0.2, 0.25) is 0 Å². The molecule has 0 spiro atoms. The smallest absolute Gasteiger partial charge is 0.244 e. The Morgan fingerprint density at radius 2 is 2.10 bits per heavy atom. The number of nitrogens with one attached hydrogen (secondary N) is 1. The summed E-state index contributed by atoms with van der Waals surface area (Å²) in [6.07, 6.45) is 0.731. The van der Waals surface area contributed by atoms with E-state index in [-0.39, 0.29) is 5.91 Å². The lowest BCUT2D eigenvalue weighted by Gasteiger charge is -2.24. The van der Waals surface area contributed by atoms with Crippen LogP contribution in [0.3, 0.4) is 0 Å². The Labute approximate surface area is 123 Å². The Hall–Kier alpha value is -1.72. The van der Waals surface area contributed by atoms with Crippen LogP contribution in [0.4, 0.5) is 0 Å². The molecule has 0 aliphatic rings. The zero-order chi connectivity index (χ0) is 14.6. The lowest BCUT2D eigenvalue weighted by molar-refractivity contribution is -0.126. The van der Waals surface area contributed by atoms with Crippen molar-refractivity contribution in [2.24, 2.45) is 5.73 Å². The minimum atomic E-state index is -1.01. The van der Waals surface area contributed by atoms with Gasteiger partial charge in [-0.3, -0.25) is 4.79 Å². The lowest BCUT2D eigenvalue weighted by atomic mass is 9.92. The lowest BCUT2D eigenvalue weighted by Crippen LogP contribution is -2.49. The molecule has 1 amide bonds. The molecule has 20 heavy (non-hydrogen) atoms. The Bertz CT molecular complexity index is 578. The third kappa shape index (κ3) is 3.43. The van der Waals surface area contributed by atoms with Crippen molar-refractivity contribution in [1.29, 1.82) is 0 Å². The van der Waals surface area contributed by atoms with Crippen LogP contribution in [-0.4, -0.2) is 17.4 Å². The third-order valence-electron chi connectivity index (χ3n) is 3.14. The molecular formula is C15H19N3OS. The second-order valence-electron chi connectivity index (χ2n) is 4.96. The fourth-order valence-corrected chi connectivity index (χ4v) is 2.68. The van der Waals surface area contributed by atoms with Gasteiger partial charge in [-0.05, 0) is 19.4 Å². The van der Waals surface area contributed by atoms with Gasteiger partial charge in [-0.25, -0.2) is 4.98 Å². The molecule has 0 aliphatic carbocycles. The molecule has 0 aliphatic heterocycles. The first-order valence-corrected chi connectivity index (χ1v) is 7.42. The number of aromatic nitrogens is 1. The monoisotopic (exact) mass is 289 g/mol. The van der Waals surface area contributed by atoms with Gasteiger partial charge in [0.1, 0.15) is 5.54 Å². The van der Waals surface area contributed by atoms with Gasteiger partial charge in [0.25, 0.3) is 0 Å². The van der Waals surface area contributed by atoms with E-state index in [1.807, 2.05) is 42.6 Å². The molecule has 106 valence electrons. The van der Waals surface area contributed by atoms with E-state index in [1.165, 1.54) is 0 Å². The van der Waals surface area contributed by atoms with Crippen molar-refractivity contribution in [2.75, 3.05) is 6.54 Å². The molecule has 1 heterocycles. The largest absolute Gasteiger partial charge is 0.354 e. The molecule has 1 aromatic heterocycles. The van der Waals surface area contributed by atoms with Gasteiger partial charge in [0.15, 0.2) is 0 Å². The summed E-state index contributed by atoms with van der Waals surface area (Å²) >= 11 is 1.61. The molecule has 3 N–H and O–H groups in total. The maximum Gasteiger partial charge on any atom is 0.244 e. The topological polar surface area (TPSA) is 68.0 Å². The standard InChI is InChI=1S/C15H19N3OS/c1-11-10-20-13(18-11)8-9-17-14(19)15(2,16)12-6-4-3-5-7-12/h3-7,10H,8-9,16H2,1-2H3,(H,17,19). The van der Waals surface area contributed by atoms with E-state index in [0.29, 0.717) is 6.54 Å². The summed E-state index contributed by atoms with van der Waals surface area (Å²) in [6.45, 7) is 4.24. The van der Waals surface area contributed by atoms with E-state index < -0.39 is 5.54 Å². The van der Waals surface area contributed by atoms with Crippen molar-refractivity contribution >= 4 is 17.2 Å². The van der Waals surface area contributed by atoms with Gasteiger partial charge in [-0.1, -0.05) is 30.3 Å². The summed E-state index contributed by atoms with van der Waals surface area (Å²) in [7, 11) is 0. The van der Waals surface area contributed by atoms with Crippen LogP contribution in [0, 0.1) is 6.92 Å². The zero-order valence-electron chi connectivity index (χ0n) is 11.7. The van der Waals surface area contributed by atoms with Gasteiger partial charge in [-0.2, -0.15) is 0 Å². The fraction of sp³-hybridized carbons (Fsp3) is 0.333. The molecule has 1 aromatic carbocycles. The molecule has 2 rings (SSSR count). The second-order valence-corrected chi connectivity index (χ2v) is 5.90. The van der Waals surface area contributed by atoms with Gasteiger partial charge in [0.05, 0.1) is 5.01 Å². The van der Waals surface area contributed by atoms with Crippen LogP contribution < -0.4 is 11.1 Å². The van der Waals surface area contributed by atoms with E-state index in [4.69, 9.17) is 5.73 Å². The highest BCUT2D eigenvalue weighted by atomic mass is 32.1. The van der Waals surface area contributed by atoms with Gasteiger partial charge >= 0.3 is 0 Å². The average Bonchev–Trinajstić information content (AvgIpc) is 2.85. The number of aryl methyl sites for hydroxylation is 1. The summed E-state index contributed by atoms with van der Waals surface area (Å²) in [5.41, 5.74) is 6.95. The predicted molar refractivity (Wildman–Crippen MR) is 81.5 cm³/mol. The van der Waals surface area contributed by atoms with Crippen molar-refractivity contribution < 1.29 is 4.79 Å². The Balaban J connectivity index is 1.91. The maximum atomic E-state index is 12.2. The molecule has 5 heteroatoms. The van der Waals surface area contributed by atoms with Crippen LogP contribution in [0.1, 0.15) is 23.2 Å². The number of amides is 1. The van der Waals surface area contributed by atoms with E-state index >= 15 is 0 Å². The molecule has 1 unspecified atom stereocenters. The summed E-state index contributed by atoms with van der Waals surface area (Å²) in [6, 6.07) is 9.40. The van der Waals surface area contributed by atoms with Crippen LogP contribution >= 0.6 is 11.3 Å². The fourth-order valence-electron chi connectivity index (χ4n) is 1.90. The third-order valence-corrected chi connectivity index (χ3v) is 4.16. The van der Waals surface area contributed by atoms with Gasteiger partial charge in [0, 0.05) is 24.0 Å². The highest BCUT2D eigenvalue weighted by Crippen LogP contribution is 2.17. The molecule has 0 bridgehead atoms. The van der Waals surface area contributed by atoms with E-state index in [2.05, 4.69) is 10.3 Å². The van der Waals surface area contributed by atoms with Crippen LogP contribution in [-0.2, 0) is 16.8 Å². The number of hydrogen-bond donors (Lipinski definition) is 2. The molecule has 0 saturated carbocycles. The van der Waals surface area contributed by atoms with Gasteiger partial charge < -0.3 is 11.1 Å². The van der Waals surface area contributed by atoms with E-state index in [0.717, 1.165) is 22.7 Å². The van der Waals surface area contributed by atoms with Crippen molar-refractivity contribution in [3.05, 3.63) is 52.0 Å². The number of thiazole rings is 1. The first-order chi connectivity index (χ1) is 9.50. The average molecular weight is 289 g/mol. The van der Waals surface area contributed by atoms with Crippen molar-refractivity contribution in [2.45, 2.75) is 25.8 Å². The van der Waals surface area contributed by atoms with Crippen molar-refractivity contribution in [3.63, 3.8) is 0 Å². The minimum absolute atomic E-state index is 0.169. The Morgan fingerprint density at radius 1 is 1.40 bits per heavy atom. The summed E-state index contributed by atoms with van der Waals surface area (Å²) in [5, 5.41) is 5.92. The zero-order valence-corrected chi connectivity index (χ0v) is 12.5. The van der Waals surface area contributed by atoms with Crippen molar-refractivity contribution in [1.82, 2.24) is 10.3 Å². The molecule has 2 aromatic rings. The number of carbonyl (C=O) groups is 1. The quantitative estimate of drug-likeness (QED) is 0.884. The van der Waals surface area contributed by atoms with Crippen LogP contribution in [0.5, 0.6) is 0 Å². The highest BCUT2D eigenvalue weighted by Gasteiger charge is 2.29. The van der Waals surface area contributed by atoms with E-state index in [1.54, 1.807) is 18.3 Å². The SMILES string of the molecule is Cc1csc(CCNC(=O)C(C)(N)c2ccccc2)n1. The predicted octanol–water partition coefficient (Wildman–Crippen LogP) is 1.98. The molecule has 0 radical (unpaired) electrons. The first-order valence-electron chi connectivity index (χ1n) is 6.54. The van der Waals surface area contributed by atoms with Crippen molar-refractivity contribution in [3.8, 4) is 0 Å². The maximum absolute atomic E-state index is 12.2. The summed E-state index contributed by atoms with van der Waals surface area (Å²) in [4.78, 5) is 16.6. The van der Waals surface area contributed by atoms with Gasteiger partial charge in [0.2, 0.25) is 5.91 Å². The molecule has 1 atom stereocenters. The molecular weight excluding hydrogens is 270 g/mol. The second kappa shape index (κ2) is 6.15. The number of rotatable bonds is 5. The molecule has 4 nitrogen and oxygen atoms in total. The first kappa shape index (κ1) is 14.7. The molecule has 0 fully saturated rings. The van der Waals surface area contributed by atoms with Gasteiger partial charge in [-0.15, -0.1) is 11.3 Å². The Morgan fingerprint density at radius 3 is 2.70 bits per heavy atom. The van der Waals surface area contributed by atoms with Crippen LogP contribution in [0.15, 0.2) is 35.7 Å². The Kier molecular flexibility index (Phi) is 4.52. The highest BCUT2D eigenvalue weighted by molar-refractivity contribution is 7.09. The van der Waals surface area contributed by atoms with E-state index in [9.17, 15) is 4.79 Å².